The summed E-state index contributed by atoms with van der Waals surface area (Å²) in [4.78, 5) is 0. The number of rotatable bonds is 2. The molecule has 0 aromatic heterocycles. The third-order valence-corrected chi connectivity index (χ3v) is 2.87. The molecule has 0 spiro atoms. The van der Waals surface area contributed by atoms with E-state index < -0.39 is 0 Å². The minimum atomic E-state index is -0.153. The molecule has 5 nitrogen and oxygen atoms in total. The summed E-state index contributed by atoms with van der Waals surface area (Å²) in [6.07, 6.45) is 0. The van der Waals surface area contributed by atoms with E-state index >= 15 is 0 Å². The predicted octanol–water partition coefficient (Wildman–Crippen LogP) is 1.81. The average molecular weight is 237 g/mol. The van der Waals surface area contributed by atoms with Gasteiger partial charge >= 0.3 is 0 Å². The van der Waals surface area contributed by atoms with Crippen molar-refractivity contribution < 1.29 is 0 Å². The molecule has 96 valence electrons. The van der Waals surface area contributed by atoms with Gasteiger partial charge in [0.15, 0.2) is 0 Å². The van der Waals surface area contributed by atoms with Gasteiger partial charge in [-0.3, -0.25) is 0 Å². The number of hydrogen-bond acceptors (Lipinski definition) is 5. The van der Waals surface area contributed by atoms with E-state index in [4.69, 9.17) is 17.2 Å². The zero-order chi connectivity index (χ0) is 13.4. The topological polar surface area (TPSA) is 102 Å². The Morgan fingerprint density at radius 2 is 1.18 bits per heavy atom. The molecule has 0 aliphatic heterocycles. The van der Waals surface area contributed by atoms with Gasteiger partial charge in [-0.1, -0.05) is 20.8 Å². The molecule has 0 amide bonds. The molecule has 0 saturated carbocycles. The van der Waals surface area contributed by atoms with Crippen molar-refractivity contribution >= 4 is 28.4 Å². The fourth-order valence-corrected chi connectivity index (χ4v) is 2.14. The highest BCUT2D eigenvalue weighted by Crippen LogP contribution is 2.46. The van der Waals surface area contributed by atoms with Crippen LogP contribution in [0, 0.1) is 0 Å². The highest BCUT2D eigenvalue weighted by Gasteiger charge is 2.26. The molecule has 0 saturated heterocycles. The molecular weight excluding hydrogens is 214 g/mol. The lowest BCUT2D eigenvalue weighted by Crippen LogP contribution is -2.20. The van der Waals surface area contributed by atoms with Gasteiger partial charge in [0.1, 0.15) is 0 Å². The Morgan fingerprint density at radius 3 is 1.53 bits per heavy atom. The second-order valence-electron chi connectivity index (χ2n) is 5.12. The van der Waals surface area contributed by atoms with Crippen molar-refractivity contribution in [3.8, 4) is 0 Å². The van der Waals surface area contributed by atoms with Crippen LogP contribution in [0.5, 0.6) is 0 Å². The van der Waals surface area contributed by atoms with Crippen LogP contribution in [-0.2, 0) is 5.41 Å². The van der Waals surface area contributed by atoms with Crippen LogP contribution in [0.4, 0.5) is 28.4 Å². The first kappa shape index (κ1) is 13.3. The molecule has 0 aliphatic rings. The van der Waals surface area contributed by atoms with Crippen molar-refractivity contribution in [2.45, 2.75) is 26.2 Å². The molecule has 5 heteroatoms. The van der Waals surface area contributed by atoms with Crippen molar-refractivity contribution in [1.29, 1.82) is 0 Å². The summed E-state index contributed by atoms with van der Waals surface area (Å²) in [7, 11) is 3.61. The Balaban J connectivity index is 3.71. The van der Waals surface area contributed by atoms with Crippen molar-refractivity contribution in [2.75, 3.05) is 41.9 Å². The summed E-state index contributed by atoms with van der Waals surface area (Å²) in [5.41, 5.74) is 22.4. The smallest absolute Gasteiger partial charge is 0.0849 e. The third-order valence-electron chi connectivity index (χ3n) is 2.87. The molecule has 17 heavy (non-hydrogen) atoms. The Bertz CT molecular complexity index is 432. The molecule has 0 atom stereocenters. The summed E-state index contributed by atoms with van der Waals surface area (Å²) < 4.78 is 0. The molecule has 1 aromatic carbocycles. The SMILES string of the molecule is CNc1c(N)c(N)c(C(C)(C)C)c(N)c1NC. The van der Waals surface area contributed by atoms with E-state index in [0.29, 0.717) is 17.1 Å². The number of nitrogens with one attached hydrogen (secondary N) is 2. The van der Waals surface area contributed by atoms with Crippen LogP contribution < -0.4 is 27.8 Å². The van der Waals surface area contributed by atoms with Gasteiger partial charge in [0, 0.05) is 19.7 Å². The highest BCUT2D eigenvalue weighted by molar-refractivity contribution is 5.99. The second-order valence-corrected chi connectivity index (χ2v) is 5.12. The number of nitrogens with two attached hydrogens (primary N) is 3. The van der Waals surface area contributed by atoms with E-state index in [2.05, 4.69) is 31.4 Å². The van der Waals surface area contributed by atoms with Crippen LogP contribution in [0.25, 0.3) is 0 Å². The number of anilines is 5. The maximum Gasteiger partial charge on any atom is 0.0849 e. The van der Waals surface area contributed by atoms with E-state index in [9.17, 15) is 0 Å². The van der Waals surface area contributed by atoms with E-state index in [-0.39, 0.29) is 5.41 Å². The van der Waals surface area contributed by atoms with Crippen LogP contribution in [0.2, 0.25) is 0 Å². The average Bonchev–Trinajstić information content (AvgIpc) is 2.21. The minimum Gasteiger partial charge on any atom is -0.397 e. The summed E-state index contributed by atoms with van der Waals surface area (Å²) in [6, 6.07) is 0. The van der Waals surface area contributed by atoms with E-state index in [1.807, 2.05) is 7.05 Å². The van der Waals surface area contributed by atoms with Gasteiger partial charge < -0.3 is 27.8 Å². The van der Waals surface area contributed by atoms with Crippen molar-refractivity contribution in [3.63, 3.8) is 0 Å². The van der Waals surface area contributed by atoms with Gasteiger partial charge in [-0.15, -0.1) is 0 Å². The lowest BCUT2D eigenvalue weighted by atomic mass is 9.83. The van der Waals surface area contributed by atoms with Gasteiger partial charge in [0.25, 0.3) is 0 Å². The first-order valence-corrected chi connectivity index (χ1v) is 5.62. The maximum absolute atomic E-state index is 6.19. The third kappa shape index (κ3) is 2.05. The molecule has 0 heterocycles. The van der Waals surface area contributed by atoms with E-state index in [1.165, 1.54) is 0 Å². The zero-order valence-corrected chi connectivity index (χ0v) is 11.2. The highest BCUT2D eigenvalue weighted by atomic mass is 15.0. The quantitative estimate of drug-likeness (QED) is 0.505. The summed E-state index contributed by atoms with van der Waals surface area (Å²) in [5, 5.41) is 6.10. The molecule has 0 radical (unpaired) electrons. The van der Waals surface area contributed by atoms with Gasteiger partial charge in [-0.2, -0.15) is 0 Å². The molecule has 0 bridgehead atoms. The van der Waals surface area contributed by atoms with Crippen LogP contribution in [-0.4, -0.2) is 14.1 Å². The molecular formula is C12H23N5. The fraction of sp³-hybridized carbons (Fsp3) is 0.500. The van der Waals surface area contributed by atoms with E-state index in [0.717, 1.165) is 16.9 Å². The molecule has 0 fully saturated rings. The monoisotopic (exact) mass is 237 g/mol. The summed E-state index contributed by atoms with van der Waals surface area (Å²) >= 11 is 0. The zero-order valence-electron chi connectivity index (χ0n) is 11.2. The summed E-state index contributed by atoms with van der Waals surface area (Å²) in [5.74, 6) is 0. The standard InChI is InChI=1S/C12H23N5/c1-12(2,3)6-7(13)9(15)11(17-5)10(16-4)8(6)14/h16-17H,13-15H2,1-5H3. The minimum absolute atomic E-state index is 0.153. The van der Waals surface area contributed by atoms with Crippen LogP contribution in [0.15, 0.2) is 0 Å². The Hall–Kier alpha value is -1.78. The molecule has 1 aromatic rings. The number of benzene rings is 1. The van der Waals surface area contributed by atoms with Gasteiger partial charge in [-0.25, -0.2) is 0 Å². The largest absolute Gasteiger partial charge is 0.397 e. The lowest BCUT2D eigenvalue weighted by Gasteiger charge is -2.28. The predicted molar refractivity (Wildman–Crippen MR) is 77.5 cm³/mol. The van der Waals surface area contributed by atoms with Gasteiger partial charge in [0.2, 0.25) is 0 Å². The van der Waals surface area contributed by atoms with Crippen molar-refractivity contribution in [3.05, 3.63) is 5.56 Å². The number of nitrogen functional groups attached to an aromatic ring is 3. The van der Waals surface area contributed by atoms with E-state index in [1.54, 1.807) is 7.05 Å². The Morgan fingerprint density at radius 1 is 0.765 bits per heavy atom. The van der Waals surface area contributed by atoms with Crippen molar-refractivity contribution in [2.24, 2.45) is 0 Å². The number of hydrogen-bond donors (Lipinski definition) is 5. The summed E-state index contributed by atoms with van der Waals surface area (Å²) in [6.45, 7) is 6.19. The lowest BCUT2D eigenvalue weighted by molar-refractivity contribution is 0.595. The Labute approximate surface area is 103 Å². The van der Waals surface area contributed by atoms with Crippen LogP contribution >= 0.6 is 0 Å². The van der Waals surface area contributed by atoms with Crippen LogP contribution in [0.3, 0.4) is 0 Å². The van der Waals surface area contributed by atoms with Crippen molar-refractivity contribution in [1.82, 2.24) is 0 Å². The van der Waals surface area contributed by atoms with Crippen LogP contribution in [0.1, 0.15) is 26.3 Å². The molecule has 8 N–H and O–H groups in total. The maximum atomic E-state index is 6.19. The van der Waals surface area contributed by atoms with Gasteiger partial charge in [0.05, 0.1) is 28.4 Å². The Kier molecular flexibility index (Phi) is 3.31. The fourth-order valence-electron chi connectivity index (χ4n) is 2.14. The first-order valence-electron chi connectivity index (χ1n) is 5.62. The second kappa shape index (κ2) is 4.24. The van der Waals surface area contributed by atoms with Gasteiger partial charge in [-0.05, 0) is 5.41 Å². The molecule has 0 aliphatic carbocycles. The molecule has 0 unspecified atom stereocenters. The molecule has 1 rings (SSSR count). The first-order chi connectivity index (χ1) is 7.75. The normalized spacial score (nSPS) is 11.4.